The van der Waals surface area contributed by atoms with Crippen LogP contribution < -0.4 is 5.32 Å². The average molecular weight is 290 g/mol. The number of carbonyl (C=O) groups is 2. The second-order valence-electron chi connectivity index (χ2n) is 6.05. The molecule has 2 rings (SSSR count). The van der Waals surface area contributed by atoms with Crippen LogP contribution in [0, 0.1) is 12.8 Å². The van der Waals surface area contributed by atoms with Gasteiger partial charge in [0.1, 0.15) is 5.54 Å². The Kier molecular flexibility index (Phi) is 4.21. The summed E-state index contributed by atoms with van der Waals surface area (Å²) >= 11 is 0. The van der Waals surface area contributed by atoms with Gasteiger partial charge in [-0.2, -0.15) is 0 Å². The van der Waals surface area contributed by atoms with Crippen LogP contribution in [0.1, 0.15) is 30.9 Å². The summed E-state index contributed by atoms with van der Waals surface area (Å²) in [6, 6.07) is 7.57. The minimum atomic E-state index is -1.17. The molecule has 2 N–H and O–H groups in total. The molecular formula is C16H22N2O3. The van der Waals surface area contributed by atoms with E-state index in [1.165, 1.54) is 4.90 Å². The molecule has 0 aromatic heterocycles. The van der Waals surface area contributed by atoms with Crippen molar-refractivity contribution in [1.82, 2.24) is 10.2 Å². The molecule has 0 spiro atoms. The lowest BCUT2D eigenvalue weighted by Gasteiger charge is -2.29. The summed E-state index contributed by atoms with van der Waals surface area (Å²) in [5.41, 5.74) is 1.01. The van der Waals surface area contributed by atoms with Crippen LogP contribution in [-0.2, 0) is 11.3 Å². The minimum absolute atomic E-state index is 0.0340. The van der Waals surface area contributed by atoms with E-state index in [0.29, 0.717) is 6.54 Å². The highest BCUT2D eigenvalue weighted by Crippen LogP contribution is 2.39. The van der Waals surface area contributed by atoms with Gasteiger partial charge in [-0.25, -0.2) is 9.59 Å². The van der Waals surface area contributed by atoms with E-state index in [4.69, 9.17) is 0 Å². The highest BCUT2D eigenvalue weighted by molar-refractivity contribution is 5.86. The quantitative estimate of drug-likeness (QED) is 0.874. The summed E-state index contributed by atoms with van der Waals surface area (Å²) < 4.78 is 0. The Balaban J connectivity index is 1.98. The first-order chi connectivity index (χ1) is 9.83. The molecule has 1 aliphatic rings. The lowest BCUT2D eigenvalue weighted by Crippen LogP contribution is -2.56. The van der Waals surface area contributed by atoms with Gasteiger partial charge in [0.2, 0.25) is 0 Å². The molecule has 0 heterocycles. The van der Waals surface area contributed by atoms with Gasteiger partial charge in [0.05, 0.1) is 0 Å². The Labute approximate surface area is 125 Å². The SMILES string of the molecule is Cc1ccc(CN(C)C(=O)NC(C)(C(=O)O)C2CC2)cc1. The average Bonchev–Trinajstić information content (AvgIpc) is 3.25. The van der Waals surface area contributed by atoms with Crippen molar-refractivity contribution < 1.29 is 14.7 Å². The van der Waals surface area contributed by atoms with Gasteiger partial charge in [-0.15, -0.1) is 0 Å². The number of urea groups is 1. The molecule has 21 heavy (non-hydrogen) atoms. The zero-order valence-electron chi connectivity index (χ0n) is 12.7. The van der Waals surface area contributed by atoms with Crippen LogP contribution in [0.15, 0.2) is 24.3 Å². The van der Waals surface area contributed by atoms with Gasteiger partial charge < -0.3 is 15.3 Å². The molecule has 5 heteroatoms. The summed E-state index contributed by atoms with van der Waals surface area (Å²) in [5, 5.41) is 12.0. The van der Waals surface area contributed by atoms with E-state index >= 15 is 0 Å². The molecule has 1 aliphatic carbocycles. The number of hydrogen-bond donors (Lipinski definition) is 2. The fourth-order valence-electron chi connectivity index (χ4n) is 2.35. The van der Waals surface area contributed by atoms with Gasteiger partial charge >= 0.3 is 12.0 Å². The fourth-order valence-corrected chi connectivity index (χ4v) is 2.35. The molecule has 2 amide bonds. The number of hydrogen-bond acceptors (Lipinski definition) is 2. The summed E-state index contributed by atoms with van der Waals surface area (Å²) in [6.45, 7) is 4.05. The Morgan fingerprint density at radius 1 is 1.33 bits per heavy atom. The molecule has 0 bridgehead atoms. The van der Waals surface area contributed by atoms with Gasteiger partial charge in [-0.1, -0.05) is 29.8 Å². The maximum Gasteiger partial charge on any atom is 0.329 e. The van der Waals surface area contributed by atoms with Crippen LogP contribution in [0.5, 0.6) is 0 Å². The van der Waals surface area contributed by atoms with E-state index in [0.717, 1.165) is 24.0 Å². The van der Waals surface area contributed by atoms with Gasteiger partial charge in [0, 0.05) is 13.6 Å². The first-order valence-corrected chi connectivity index (χ1v) is 7.15. The second kappa shape index (κ2) is 5.76. The normalized spacial score (nSPS) is 16.9. The zero-order chi connectivity index (χ0) is 15.6. The molecule has 1 aromatic carbocycles. The van der Waals surface area contributed by atoms with Crippen molar-refractivity contribution >= 4 is 12.0 Å². The number of carbonyl (C=O) groups excluding carboxylic acids is 1. The van der Waals surface area contributed by atoms with Crippen LogP contribution in [0.25, 0.3) is 0 Å². The molecule has 1 fully saturated rings. The summed E-state index contributed by atoms with van der Waals surface area (Å²) in [7, 11) is 1.67. The molecular weight excluding hydrogens is 268 g/mol. The molecule has 1 aromatic rings. The Bertz CT molecular complexity index is 537. The predicted octanol–water partition coefficient (Wildman–Crippen LogP) is 2.39. The van der Waals surface area contributed by atoms with Gasteiger partial charge in [-0.3, -0.25) is 0 Å². The van der Waals surface area contributed by atoms with E-state index < -0.39 is 11.5 Å². The number of amides is 2. The molecule has 114 valence electrons. The molecule has 5 nitrogen and oxygen atoms in total. The van der Waals surface area contributed by atoms with Crippen molar-refractivity contribution in [1.29, 1.82) is 0 Å². The number of rotatable bonds is 5. The number of nitrogens with zero attached hydrogens (tertiary/aromatic N) is 1. The lowest BCUT2D eigenvalue weighted by atomic mass is 9.96. The van der Waals surface area contributed by atoms with Crippen molar-refractivity contribution in [2.45, 2.75) is 38.8 Å². The lowest BCUT2D eigenvalue weighted by molar-refractivity contribution is -0.144. The van der Waals surface area contributed by atoms with Gasteiger partial charge in [-0.05, 0) is 38.2 Å². The van der Waals surface area contributed by atoms with Crippen LogP contribution >= 0.6 is 0 Å². The van der Waals surface area contributed by atoms with Gasteiger partial charge in [0.25, 0.3) is 0 Å². The number of carboxylic acids is 1. The fraction of sp³-hybridized carbons (Fsp3) is 0.500. The van der Waals surface area contributed by atoms with Crippen LogP contribution in [0.4, 0.5) is 4.79 Å². The van der Waals surface area contributed by atoms with E-state index in [9.17, 15) is 14.7 Å². The van der Waals surface area contributed by atoms with Crippen molar-refractivity contribution in [3.05, 3.63) is 35.4 Å². The standard InChI is InChI=1S/C16H22N2O3/c1-11-4-6-12(7-5-11)10-18(3)15(21)17-16(2,14(19)20)13-8-9-13/h4-7,13H,8-10H2,1-3H3,(H,17,21)(H,19,20). The van der Waals surface area contributed by atoms with Crippen molar-refractivity contribution in [3.8, 4) is 0 Å². The third-order valence-electron chi connectivity index (χ3n) is 4.09. The number of nitrogens with one attached hydrogen (secondary N) is 1. The monoisotopic (exact) mass is 290 g/mol. The minimum Gasteiger partial charge on any atom is -0.480 e. The van der Waals surface area contributed by atoms with Crippen molar-refractivity contribution in [2.24, 2.45) is 5.92 Å². The number of benzene rings is 1. The molecule has 1 saturated carbocycles. The molecule has 0 radical (unpaired) electrons. The predicted molar refractivity (Wildman–Crippen MR) is 79.9 cm³/mol. The molecule has 0 saturated heterocycles. The number of aliphatic carboxylic acids is 1. The number of aryl methyl sites for hydroxylation is 1. The third-order valence-corrected chi connectivity index (χ3v) is 4.09. The smallest absolute Gasteiger partial charge is 0.329 e. The summed E-state index contributed by atoms with van der Waals surface area (Å²) in [6.07, 6.45) is 1.70. The molecule has 1 atom stereocenters. The first-order valence-electron chi connectivity index (χ1n) is 7.15. The van der Waals surface area contributed by atoms with Crippen LogP contribution in [0.2, 0.25) is 0 Å². The third kappa shape index (κ3) is 3.54. The molecule has 1 unspecified atom stereocenters. The maximum absolute atomic E-state index is 12.2. The van der Waals surface area contributed by atoms with Crippen LogP contribution in [-0.4, -0.2) is 34.6 Å². The zero-order valence-corrected chi connectivity index (χ0v) is 12.7. The number of carboxylic acid groups (broad SMARTS) is 1. The van der Waals surface area contributed by atoms with Gasteiger partial charge in [0.15, 0.2) is 0 Å². The van der Waals surface area contributed by atoms with E-state index in [1.54, 1.807) is 14.0 Å². The molecule has 0 aliphatic heterocycles. The van der Waals surface area contributed by atoms with E-state index in [1.807, 2.05) is 31.2 Å². The highest BCUT2D eigenvalue weighted by Gasteiger charge is 2.48. The van der Waals surface area contributed by atoms with Crippen LogP contribution in [0.3, 0.4) is 0 Å². The Morgan fingerprint density at radius 3 is 2.38 bits per heavy atom. The first kappa shape index (κ1) is 15.4. The Morgan fingerprint density at radius 2 is 1.90 bits per heavy atom. The summed E-state index contributed by atoms with van der Waals surface area (Å²) in [4.78, 5) is 25.1. The Hall–Kier alpha value is -2.04. The summed E-state index contributed by atoms with van der Waals surface area (Å²) in [5.74, 6) is -0.936. The topological polar surface area (TPSA) is 69.6 Å². The van der Waals surface area contributed by atoms with Crippen molar-refractivity contribution in [3.63, 3.8) is 0 Å². The van der Waals surface area contributed by atoms with E-state index in [2.05, 4.69) is 5.32 Å². The highest BCUT2D eigenvalue weighted by atomic mass is 16.4. The van der Waals surface area contributed by atoms with E-state index in [-0.39, 0.29) is 11.9 Å². The maximum atomic E-state index is 12.2. The van der Waals surface area contributed by atoms with Crippen molar-refractivity contribution in [2.75, 3.05) is 7.05 Å². The second-order valence-corrected chi connectivity index (χ2v) is 6.05. The largest absolute Gasteiger partial charge is 0.480 e.